The highest BCUT2D eigenvalue weighted by atomic mass is 32.1. The lowest BCUT2D eigenvalue weighted by molar-refractivity contribution is -0.116. The average Bonchev–Trinajstić information content (AvgIpc) is 2.81. The molecule has 2 aromatic rings. The maximum Gasteiger partial charge on any atom is 0.224 e. The summed E-state index contributed by atoms with van der Waals surface area (Å²) in [5.74, 6) is 0.452. The van der Waals surface area contributed by atoms with Crippen molar-refractivity contribution in [3.63, 3.8) is 0 Å². The van der Waals surface area contributed by atoms with E-state index in [2.05, 4.69) is 11.4 Å². The van der Waals surface area contributed by atoms with Crippen LogP contribution in [-0.4, -0.2) is 5.91 Å². The van der Waals surface area contributed by atoms with Crippen molar-refractivity contribution in [1.29, 1.82) is 0 Å². The van der Waals surface area contributed by atoms with Crippen LogP contribution in [0.5, 0.6) is 0 Å². The minimum absolute atomic E-state index is 0.0778. The first-order valence-corrected chi connectivity index (χ1v) is 6.97. The molecular weight excluding hydrogens is 242 g/mol. The van der Waals surface area contributed by atoms with Crippen molar-refractivity contribution < 1.29 is 4.79 Å². The molecule has 1 heterocycles. The summed E-state index contributed by atoms with van der Waals surface area (Å²) in [6.45, 7) is 4.09. The fraction of sp³-hybridized carbons (Fsp3) is 0.267. The number of benzene rings is 1. The average molecular weight is 259 g/mol. The monoisotopic (exact) mass is 259 g/mol. The molecule has 0 saturated carbocycles. The molecule has 18 heavy (non-hydrogen) atoms. The van der Waals surface area contributed by atoms with Gasteiger partial charge in [-0.05, 0) is 23.4 Å². The summed E-state index contributed by atoms with van der Waals surface area (Å²) in [6.07, 6.45) is 0.554. The lowest BCUT2D eigenvalue weighted by atomic mass is 10.1. The number of anilines is 1. The molecule has 0 aliphatic heterocycles. The number of nitrogens with one attached hydrogen (secondary N) is 1. The number of rotatable bonds is 4. The summed E-state index contributed by atoms with van der Waals surface area (Å²) in [4.78, 5) is 13.0. The normalized spacial score (nSPS) is 10.6. The second kappa shape index (κ2) is 5.83. The summed E-state index contributed by atoms with van der Waals surface area (Å²) in [6, 6.07) is 12.0. The predicted octanol–water partition coefficient (Wildman–Crippen LogP) is 4.40. The van der Waals surface area contributed by atoms with Crippen LogP contribution in [0.15, 0.2) is 41.8 Å². The molecule has 1 N–H and O–H groups in total. The third-order valence-corrected chi connectivity index (χ3v) is 3.48. The van der Waals surface area contributed by atoms with Crippen LogP contribution in [0.4, 0.5) is 5.69 Å². The van der Waals surface area contributed by atoms with Crippen molar-refractivity contribution >= 4 is 22.9 Å². The van der Waals surface area contributed by atoms with Crippen LogP contribution >= 0.6 is 11.3 Å². The molecule has 0 spiro atoms. The maximum atomic E-state index is 11.8. The van der Waals surface area contributed by atoms with E-state index in [-0.39, 0.29) is 5.91 Å². The van der Waals surface area contributed by atoms with Crippen LogP contribution in [0, 0.1) is 5.92 Å². The first kappa shape index (κ1) is 12.8. The Morgan fingerprint density at radius 3 is 2.67 bits per heavy atom. The Labute approximate surface area is 112 Å². The van der Waals surface area contributed by atoms with Crippen LogP contribution in [0.25, 0.3) is 10.4 Å². The molecule has 0 bridgehead atoms. The van der Waals surface area contributed by atoms with E-state index in [1.54, 1.807) is 11.3 Å². The van der Waals surface area contributed by atoms with Gasteiger partial charge in [0.1, 0.15) is 0 Å². The number of hydrogen-bond donors (Lipinski definition) is 1. The first-order chi connectivity index (χ1) is 8.66. The van der Waals surface area contributed by atoms with Gasteiger partial charge in [0.05, 0.1) is 0 Å². The van der Waals surface area contributed by atoms with Gasteiger partial charge >= 0.3 is 0 Å². The minimum atomic E-state index is 0.0778. The molecule has 2 rings (SSSR count). The lowest BCUT2D eigenvalue weighted by Gasteiger charge is -2.11. The fourth-order valence-corrected chi connectivity index (χ4v) is 2.58. The Morgan fingerprint density at radius 2 is 2.00 bits per heavy atom. The Kier molecular flexibility index (Phi) is 4.15. The highest BCUT2D eigenvalue weighted by molar-refractivity contribution is 7.13. The highest BCUT2D eigenvalue weighted by Crippen LogP contribution is 2.31. The zero-order valence-corrected chi connectivity index (χ0v) is 11.5. The largest absolute Gasteiger partial charge is 0.325 e. The summed E-state index contributed by atoms with van der Waals surface area (Å²) < 4.78 is 0. The second-order valence-corrected chi connectivity index (χ2v) is 5.62. The molecule has 1 amide bonds. The van der Waals surface area contributed by atoms with Crippen LogP contribution < -0.4 is 5.32 Å². The van der Waals surface area contributed by atoms with Gasteiger partial charge in [-0.25, -0.2) is 0 Å². The molecule has 0 unspecified atom stereocenters. The molecule has 0 atom stereocenters. The van der Waals surface area contributed by atoms with Crippen molar-refractivity contribution in [1.82, 2.24) is 0 Å². The number of thiophene rings is 1. The zero-order valence-electron chi connectivity index (χ0n) is 10.6. The third kappa shape index (κ3) is 3.20. The molecule has 0 fully saturated rings. The molecule has 0 saturated heterocycles. The number of carbonyl (C=O) groups is 1. The standard InChI is InChI=1S/C15H17NOS/c1-11(2)10-15(17)16-13-7-4-3-6-12(13)14-8-5-9-18-14/h3-9,11H,10H2,1-2H3,(H,16,17). The maximum absolute atomic E-state index is 11.8. The zero-order chi connectivity index (χ0) is 13.0. The van der Waals surface area contributed by atoms with E-state index in [4.69, 9.17) is 0 Å². The molecule has 1 aromatic heterocycles. The van der Waals surface area contributed by atoms with Gasteiger partial charge in [0.2, 0.25) is 5.91 Å². The van der Waals surface area contributed by atoms with Crippen molar-refractivity contribution in [2.24, 2.45) is 5.92 Å². The third-order valence-electron chi connectivity index (χ3n) is 2.58. The molecule has 0 aliphatic rings. The summed E-state index contributed by atoms with van der Waals surface area (Å²) in [5.41, 5.74) is 1.98. The van der Waals surface area contributed by atoms with E-state index in [1.807, 2.05) is 49.6 Å². The van der Waals surface area contributed by atoms with Gasteiger partial charge < -0.3 is 5.32 Å². The first-order valence-electron chi connectivity index (χ1n) is 6.09. The molecule has 0 radical (unpaired) electrons. The number of amides is 1. The highest BCUT2D eigenvalue weighted by Gasteiger charge is 2.09. The predicted molar refractivity (Wildman–Crippen MR) is 77.8 cm³/mol. The van der Waals surface area contributed by atoms with Crippen LogP contribution in [0.3, 0.4) is 0 Å². The van der Waals surface area contributed by atoms with Gasteiger partial charge in [0.15, 0.2) is 0 Å². The van der Waals surface area contributed by atoms with Crippen molar-refractivity contribution in [2.75, 3.05) is 5.32 Å². The van der Waals surface area contributed by atoms with Gasteiger partial charge in [-0.1, -0.05) is 38.1 Å². The van der Waals surface area contributed by atoms with Crippen molar-refractivity contribution in [2.45, 2.75) is 20.3 Å². The van der Waals surface area contributed by atoms with Crippen LogP contribution in [-0.2, 0) is 4.79 Å². The minimum Gasteiger partial charge on any atom is -0.325 e. The van der Waals surface area contributed by atoms with E-state index >= 15 is 0 Å². The Hall–Kier alpha value is -1.61. The van der Waals surface area contributed by atoms with Crippen molar-refractivity contribution in [3.8, 4) is 10.4 Å². The topological polar surface area (TPSA) is 29.1 Å². The van der Waals surface area contributed by atoms with E-state index in [0.717, 1.165) is 11.3 Å². The Bertz CT molecular complexity index is 517. The fourth-order valence-electron chi connectivity index (χ4n) is 1.81. The molecule has 1 aromatic carbocycles. The number of hydrogen-bond acceptors (Lipinski definition) is 2. The molecular formula is C15H17NOS. The molecule has 94 valence electrons. The second-order valence-electron chi connectivity index (χ2n) is 4.67. The van der Waals surface area contributed by atoms with Crippen LogP contribution in [0.2, 0.25) is 0 Å². The van der Waals surface area contributed by atoms with Gasteiger partial charge in [0.25, 0.3) is 0 Å². The summed E-state index contributed by atoms with van der Waals surface area (Å²) in [7, 11) is 0. The van der Waals surface area contributed by atoms with E-state index in [1.165, 1.54) is 4.88 Å². The molecule has 2 nitrogen and oxygen atoms in total. The molecule has 0 aliphatic carbocycles. The van der Waals surface area contributed by atoms with E-state index in [0.29, 0.717) is 12.3 Å². The summed E-state index contributed by atoms with van der Waals surface area (Å²) in [5, 5.41) is 5.04. The molecule has 3 heteroatoms. The van der Waals surface area contributed by atoms with Crippen LogP contribution in [0.1, 0.15) is 20.3 Å². The Morgan fingerprint density at radius 1 is 1.22 bits per heavy atom. The number of carbonyl (C=O) groups excluding carboxylic acids is 1. The van der Waals surface area contributed by atoms with Crippen molar-refractivity contribution in [3.05, 3.63) is 41.8 Å². The van der Waals surface area contributed by atoms with E-state index < -0.39 is 0 Å². The van der Waals surface area contributed by atoms with Gasteiger partial charge in [-0.3, -0.25) is 4.79 Å². The lowest BCUT2D eigenvalue weighted by Crippen LogP contribution is -2.14. The summed E-state index contributed by atoms with van der Waals surface area (Å²) >= 11 is 1.68. The quantitative estimate of drug-likeness (QED) is 0.866. The number of para-hydroxylation sites is 1. The van der Waals surface area contributed by atoms with Gasteiger partial charge in [-0.2, -0.15) is 0 Å². The Balaban J connectivity index is 2.21. The smallest absolute Gasteiger partial charge is 0.224 e. The van der Waals surface area contributed by atoms with Gasteiger partial charge in [-0.15, -0.1) is 11.3 Å². The SMILES string of the molecule is CC(C)CC(=O)Nc1ccccc1-c1cccs1. The van der Waals surface area contributed by atoms with E-state index in [9.17, 15) is 4.79 Å². The van der Waals surface area contributed by atoms with Gasteiger partial charge in [0, 0.05) is 22.5 Å².